The second-order valence-electron chi connectivity index (χ2n) is 8.30. The van der Waals surface area contributed by atoms with Gasteiger partial charge in [0.2, 0.25) is 0 Å². The van der Waals surface area contributed by atoms with E-state index in [9.17, 15) is 37.8 Å². The molecule has 0 aliphatic heterocycles. The summed E-state index contributed by atoms with van der Waals surface area (Å²) in [7, 11) is -16.5. The summed E-state index contributed by atoms with van der Waals surface area (Å²) in [6, 6.07) is 0. The number of rotatable bonds is 29. The van der Waals surface area contributed by atoms with Crippen molar-refractivity contribution in [1.29, 1.82) is 0 Å². The minimum atomic E-state index is -4.74. The van der Waals surface area contributed by atoms with Gasteiger partial charge in [-0.05, 0) is 25.7 Å². The summed E-state index contributed by atoms with van der Waals surface area (Å²) in [6.45, 7) is -3.66. The largest absolute Gasteiger partial charge is 0.474 e. The molecule has 260 valence electrons. The van der Waals surface area contributed by atoms with E-state index in [0.29, 0.717) is 0 Å². The predicted octanol–water partition coefficient (Wildman–Crippen LogP) is 0.414. The van der Waals surface area contributed by atoms with E-state index in [0.717, 1.165) is 6.66 Å². The monoisotopic (exact) mass is 718 g/mol. The van der Waals surface area contributed by atoms with Crippen molar-refractivity contribution in [2.24, 2.45) is 0 Å². The highest BCUT2D eigenvalue weighted by Crippen LogP contribution is 2.47. The fourth-order valence-corrected chi connectivity index (χ4v) is 5.66. The van der Waals surface area contributed by atoms with Crippen molar-refractivity contribution in [3.05, 3.63) is 0 Å². The number of phosphoric acid groups is 3. The Morgan fingerprint density at radius 1 is 0.535 bits per heavy atom. The van der Waals surface area contributed by atoms with Crippen molar-refractivity contribution in [2.45, 2.75) is 44.0 Å². The molecule has 0 aliphatic carbocycles. The van der Waals surface area contributed by atoms with Crippen molar-refractivity contribution >= 4 is 31.1 Å². The van der Waals surface area contributed by atoms with Gasteiger partial charge in [0.15, 0.2) is 20.4 Å². The van der Waals surface area contributed by atoms with Crippen LogP contribution in [0.1, 0.15) is 25.7 Å². The van der Waals surface area contributed by atoms with Gasteiger partial charge in [-0.15, -0.1) is 0 Å². The van der Waals surface area contributed by atoms with Crippen LogP contribution in [0.4, 0.5) is 0 Å². The van der Waals surface area contributed by atoms with E-state index in [1.165, 1.54) is 7.11 Å². The number of aliphatic hydroxyl groups excluding tert-OH is 3. The first kappa shape index (κ1) is 43.2. The Morgan fingerprint density at radius 2 is 0.884 bits per heavy atom. The molecule has 21 nitrogen and oxygen atoms in total. The molecule has 43 heavy (non-hydrogen) atoms. The van der Waals surface area contributed by atoms with E-state index in [-0.39, 0.29) is 65.3 Å². The summed E-state index contributed by atoms with van der Waals surface area (Å²) in [4.78, 5) is 38.2. The second kappa shape index (κ2) is 22.7. The summed E-state index contributed by atoms with van der Waals surface area (Å²) < 4.78 is 95.1. The van der Waals surface area contributed by atoms with Gasteiger partial charge in [-0.1, -0.05) is 0 Å². The van der Waals surface area contributed by atoms with Crippen LogP contribution >= 0.6 is 31.1 Å². The van der Waals surface area contributed by atoms with Crippen molar-refractivity contribution in [3.63, 3.8) is 0 Å². The molecule has 0 spiro atoms. The Hall–Kier alpha value is 0.240. The molecule has 0 saturated heterocycles. The molecule has 7 atom stereocenters. The third-order valence-corrected chi connectivity index (χ3v) is 8.38. The van der Waals surface area contributed by atoms with Crippen LogP contribution in [0.3, 0.4) is 0 Å². The predicted molar refractivity (Wildman–Crippen MR) is 142 cm³/mol. The quantitative estimate of drug-likeness (QED) is 0.0313. The first-order valence-corrected chi connectivity index (χ1v) is 18.9. The third kappa shape index (κ3) is 25.1. The van der Waals surface area contributed by atoms with E-state index < -0.39 is 69.8 Å². The number of hydrogen-bond acceptors (Lipinski definition) is 17. The Morgan fingerprint density at radius 3 is 1.26 bits per heavy atom. The van der Waals surface area contributed by atoms with Gasteiger partial charge in [0.1, 0.15) is 0 Å². The molecule has 0 amide bonds. The van der Waals surface area contributed by atoms with Gasteiger partial charge in [-0.25, -0.2) is 13.7 Å². The number of hydrogen-bond donors (Lipinski definition) is 7. The smallest absolute Gasteiger partial charge is 0.385 e. The second-order valence-corrected chi connectivity index (χ2v) is 14.4. The highest BCUT2D eigenvalue weighted by atomic mass is 31.2. The molecular weight excluding hydrogens is 676 g/mol. The summed E-state index contributed by atoms with van der Waals surface area (Å²) in [5.74, 6) is 0. The lowest BCUT2D eigenvalue weighted by Crippen LogP contribution is -2.25. The topological polar surface area (TPSA) is 302 Å². The molecule has 0 saturated carbocycles. The maximum Gasteiger partial charge on any atom is 0.474 e. The molecule has 0 aromatic rings. The molecule has 7 N–H and O–H groups in total. The van der Waals surface area contributed by atoms with Gasteiger partial charge in [0.05, 0.1) is 38.1 Å². The Kier molecular flexibility index (Phi) is 22.8. The number of methoxy groups -OCH3 is 1. The van der Waals surface area contributed by atoms with Crippen LogP contribution in [0.25, 0.3) is 0 Å². The van der Waals surface area contributed by atoms with Crippen molar-refractivity contribution in [1.82, 2.24) is 0 Å². The lowest BCUT2D eigenvalue weighted by Gasteiger charge is -2.23. The minimum absolute atomic E-state index is 0.0988. The number of aliphatic hydroxyl groups is 3. The van der Waals surface area contributed by atoms with Gasteiger partial charge in [-0.2, -0.15) is 0 Å². The SMILES string of the molecule is COCCC(COCCC(COCCC(CCOP(C)(=O)O)OP(=O)(O)OCO)OP(=O)(O)OCO)OP(=O)(O)OCO. The minimum Gasteiger partial charge on any atom is -0.385 e. The Labute approximate surface area is 248 Å². The van der Waals surface area contributed by atoms with Crippen molar-refractivity contribution in [2.75, 3.05) is 73.8 Å². The molecule has 0 radical (unpaired) electrons. The fraction of sp³-hybridized carbons (Fsp3) is 1.00. The molecule has 0 fully saturated rings. The average molecular weight is 718 g/mol. The first-order valence-electron chi connectivity index (χ1n) is 12.4. The molecule has 0 rings (SSSR count). The van der Waals surface area contributed by atoms with E-state index in [1.807, 2.05) is 0 Å². The maximum atomic E-state index is 12.0. The van der Waals surface area contributed by atoms with Crippen LogP contribution in [0, 0.1) is 0 Å². The Balaban J connectivity index is 5.14. The van der Waals surface area contributed by atoms with Crippen molar-refractivity contribution in [3.8, 4) is 0 Å². The van der Waals surface area contributed by atoms with E-state index in [2.05, 4.69) is 13.6 Å². The van der Waals surface area contributed by atoms with Gasteiger partial charge in [0, 0.05) is 33.6 Å². The van der Waals surface area contributed by atoms with Crippen LogP contribution in [0.5, 0.6) is 0 Å². The van der Waals surface area contributed by atoms with Crippen LogP contribution < -0.4 is 0 Å². The summed E-state index contributed by atoms with van der Waals surface area (Å²) in [6.07, 6.45) is -3.63. The number of ether oxygens (including phenoxy) is 3. The van der Waals surface area contributed by atoms with Gasteiger partial charge in [0.25, 0.3) is 0 Å². The molecule has 0 aromatic carbocycles. The molecule has 0 bridgehead atoms. The van der Waals surface area contributed by atoms with E-state index >= 15 is 0 Å². The third-order valence-electron chi connectivity index (χ3n) is 4.70. The lowest BCUT2D eigenvalue weighted by atomic mass is 10.2. The zero-order chi connectivity index (χ0) is 33.0. The fourth-order valence-electron chi connectivity index (χ4n) is 2.92. The van der Waals surface area contributed by atoms with E-state index in [4.69, 9.17) is 47.6 Å². The van der Waals surface area contributed by atoms with Gasteiger partial charge >= 0.3 is 31.1 Å². The average Bonchev–Trinajstić information content (AvgIpc) is 2.85. The molecular formula is C18H42O21P4. The standard InChI is InChI=1S/C18H42O21P4/c1-30-7-3-17(38-42(26,27)35-14-20)11-32-9-5-18(39-43(28,29)36-15-21)12-31-8-4-16(6-10-33-40(2,22)23)37-41(24,25)34-13-19/h16-21H,3-15H2,1-2H3,(H,22,23)(H,24,25)(H,26,27)(H,28,29). The summed E-state index contributed by atoms with van der Waals surface area (Å²) in [5, 5.41) is 26.2. The molecule has 0 heterocycles. The van der Waals surface area contributed by atoms with Gasteiger partial charge in [-0.3, -0.25) is 31.7 Å². The zero-order valence-corrected chi connectivity index (χ0v) is 27.1. The van der Waals surface area contributed by atoms with Gasteiger partial charge < -0.3 is 53.6 Å². The molecule has 0 aromatic heterocycles. The highest BCUT2D eigenvalue weighted by molar-refractivity contribution is 7.51. The normalized spacial score (nSPS) is 19.9. The van der Waals surface area contributed by atoms with Crippen LogP contribution in [-0.2, 0) is 64.1 Å². The molecule has 25 heteroatoms. The zero-order valence-electron chi connectivity index (χ0n) is 23.6. The number of phosphoric ester groups is 3. The lowest BCUT2D eigenvalue weighted by molar-refractivity contribution is -0.0299. The molecule has 0 aliphatic rings. The summed E-state index contributed by atoms with van der Waals surface area (Å²) in [5.41, 5.74) is 0. The van der Waals surface area contributed by atoms with Crippen molar-refractivity contribution < 1.29 is 99.0 Å². The van der Waals surface area contributed by atoms with Crippen LogP contribution in [0.15, 0.2) is 0 Å². The van der Waals surface area contributed by atoms with Crippen LogP contribution in [0.2, 0.25) is 0 Å². The van der Waals surface area contributed by atoms with Crippen LogP contribution in [-0.4, -0.2) is 127 Å². The maximum absolute atomic E-state index is 12.0. The summed E-state index contributed by atoms with van der Waals surface area (Å²) >= 11 is 0. The highest BCUT2D eigenvalue weighted by Gasteiger charge is 2.30. The molecule has 7 unspecified atom stereocenters. The Bertz CT molecular complexity index is 917. The first-order chi connectivity index (χ1) is 20.0. The van der Waals surface area contributed by atoms with E-state index in [1.54, 1.807) is 0 Å².